The highest BCUT2D eigenvalue weighted by molar-refractivity contribution is 7.91. The molecule has 0 saturated carbocycles. The number of nitrogens with one attached hydrogen (secondary N) is 1. The number of sulfone groups is 1. The van der Waals surface area contributed by atoms with Crippen molar-refractivity contribution in [3.05, 3.63) is 6.33 Å². The molecule has 0 aromatic carbocycles. The van der Waals surface area contributed by atoms with Gasteiger partial charge in [-0.15, -0.1) is 0 Å². The second kappa shape index (κ2) is 3.82. The Kier molecular flexibility index (Phi) is 2.69. The quantitative estimate of drug-likeness (QED) is 0.806. The van der Waals surface area contributed by atoms with Gasteiger partial charge in [0.05, 0.1) is 11.5 Å². The summed E-state index contributed by atoms with van der Waals surface area (Å²) in [7, 11) is -2.77. The van der Waals surface area contributed by atoms with Crippen molar-refractivity contribution in [3.63, 3.8) is 0 Å². The molecule has 0 unspecified atom stereocenters. The van der Waals surface area contributed by atoms with Crippen LogP contribution < -0.4 is 5.32 Å². The Labute approximate surface area is 86.6 Å². The number of hydrogen-bond acceptors (Lipinski definition) is 6. The number of aromatic nitrogens is 2. The van der Waals surface area contributed by atoms with Crippen LogP contribution in [0.1, 0.15) is 12.8 Å². The predicted octanol–water partition coefficient (Wildman–Crippen LogP) is 0.527. The van der Waals surface area contributed by atoms with Crippen molar-refractivity contribution in [1.82, 2.24) is 9.36 Å². The minimum atomic E-state index is -2.77. The zero-order valence-corrected chi connectivity index (χ0v) is 9.14. The van der Waals surface area contributed by atoms with E-state index in [9.17, 15) is 8.42 Å². The molecule has 2 rings (SSSR count). The van der Waals surface area contributed by atoms with E-state index in [4.69, 9.17) is 0 Å². The van der Waals surface area contributed by atoms with E-state index in [0.29, 0.717) is 12.8 Å². The van der Waals surface area contributed by atoms with Crippen molar-refractivity contribution in [3.8, 4) is 0 Å². The van der Waals surface area contributed by atoms with Crippen LogP contribution in [0.4, 0.5) is 5.13 Å². The molecule has 1 N–H and O–H groups in total. The van der Waals surface area contributed by atoms with Gasteiger partial charge in [0.2, 0.25) is 5.13 Å². The lowest BCUT2D eigenvalue weighted by Gasteiger charge is -2.22. The average Bonchev–Trinajstić information content (AvgIpc) is 2.61. The van der Waals surface area contributed by atoms with Gasteiger partial charge in [0.25, 0.3) is 0 Å². The Morgan fingerprint density at radius 1 is 1.43 bits per heavy atom. The molecule has 5 nitrogen and oxygen atoms in total. The first-order valence-corrected chi connectivity index (χ1v) is 6.99. The van der Waals surface area contributed by atoms with Crippen LogP contribution >= 0.6 is 11.5 Å². The van der Waals surface area contributed by atoms with Gasteiger partial charge in [0, 0.05) is 17.6 Å². The molecule has 2 heterocycles. The summed E-state index contributed by atoms with van der Waals surface area (Å²) in [4.78, 5) is 3.99. The van der Waals surface area contributed by atoms with E-state index >= 15 is 0 Å². The van der Waals surface area contributed by atoms with E-state index < -0.39 is 9.84 Å². The minimum absolute atomic E-state index is 0.228. The summed E-state index contributed by atoms with van der Waals surface area (Å²) in [6.45, 7) is 0. The fourth-order valence-electron chi connectivity index (χ4n) is 1.45. The third-order valence-corrected chi connectivity index (χ3v) is 4.55. The Balaban J connectivity index is 1.91. The van der Waals surface area contributed by atoms with Crippen molar-refractivity contribution in [1.29, 1.82) is 0 Å². The molecule has 14 heavy (non-hydrogen) atoms. The predicted molar refractivity (Wildman–Crippen MR) is 55.2 cm³/mol. The van der Waals surface area contributed by atoms with E-state index in [-0.39, 0.29) is 17.5 Å². The lowest BCUT2D eigenvalue weighted by atomic mass is 10.2. The molecule has 1 fully saturated rings. The number of nitrogens with zero attached hydrogens (tertiary/aromatic N) is 2. The van der Waals surface area contributed by atoms with Gasteiger partial charge >= 0.3 is 0 Å². The second-order valence-electron chi connectivity index (χ2n) is 3.32. The molecule has 0 amide bonds. The third-order valence-electron chi connectivity index (χ3n) is 2.24. The Bertz CT molecular complexity index is 373. The summed E-state index contributed by atoms with van der Waals surface area (Å²) in [6, 6.07) is 0.228. The van der Waals surface area contributed by atoms with Gasteiger partial charge in [-0.3, -0.25) is 0 Å². The Hall–Kier alpha value is -0.690. The molecule has 0 radical (unpaired) electrons. The lowest BCUT2D eigenvalue weighted by Crippen LogP contribution is -2.32. The van der Waals surface area contributed by atoms with Crippen molar-refractivity contribution in [2.75, 3.05) is 16.8 Å². The highest BCUT2D eigenvalue weighted by Gasteiger charge is 2.23. The minimum Gasteiger partial charge on any atom is -0.357 e. The number of rotatable bonds is 2. The van der Waals surface area contributed by atoms with Crippen LogP contribution in [0.5, 0.6) is 0 Å². The molecule has 0 aliphatic carbocycles. The molecule has 1 aromatic rings. The van der Waals surface area contributed by atoms with E-state index in [1.807, 2.05) is 0 Å². The van der Waals surface area contributed by atoms with Crippen LogP contribution in [-0.2, 0) is 9.84 Å². The largest absolute Gasteiger partial charge is 0.357 e. The fourth-order valence-corrected chi connectivity index (χ4v) is 3.44. The molecule has 0 bridgehead atoms. The van der Waals surface area contributed by atoms with E-state index in [2.05, 4.69) is 14.7 Å². The molecular formula is C7H11N3O2S2. The van der Waals surface area contributed by atoms with E-state index in [1.54, 1.807) is 0 Å². The van der Waals surface area contributed by atoms with Gasteiger partial charge in [0.15, 0.2) is 0 Å². The normalized spacial score (nSPS) is 22.0. The molecule has 1 saturated heterocycles. The van der Waals surface area contributed by atoms with Gasteiger partial charge in [-0.05, 0) is 12.8 Å². The molecule has 0 spiro atoms. The van der Waals surface area contributed by atoms with Crippen molar-refractivity contribution in [2.45, 2.75) is 18.9 Å². The molecule has 0 atom stereocenters. The summed E-state index contributed by atoms with van der Waals surface area (Å²) in [5.74, 6) is 0.562. The molecular weight excluding hydrogens is 222 g/mol. The van der Waals surface area contributed by atoms with Gasteiger partial charge in [-0.1, -0.05) is 0 Å². The molecule has 7 heteroatoms. The van der Waals surface area contributed by atoms with Crippen LogP contribution in [0, 0.1) is 0 Å². The van der Waals surface area contributed by atoms with Gasteiger partial charge in [0.1, 0.15) is 16.2 Å². The van der Waals surface area contributed by atoms with Crippen LogP contribution in [0.2, 0.25) is 0 Å². The summed E-state index contributed by atoms with van der Waals surface area (Å²) < 4.78 is 26.2. The lowest BCUT2D eigenvalue weighted by molar-refractivity contribution is 0.559. The maximum atomic E-state index is 11.1. The summed E-state index contributed by atoms with van der Waals surface area (Å²) in [5, 5.41) is 3.95. The summed E-state index contributed by atoms with van der Waals surface area (Å²) in [5.41, 5.74) is 0. The van der Waals surface area contributed by atoms with Crippen LogP contribution in [-0.4, -0.2) is 35.3 Å². The first kappa shape index (κ1) is 9.85. The van der Waals surface area contributed by atoms with Crippen LogP contribution in [0.15, 0.2) is 6.33 Å². The maximum absolute atomic E-state index is 11.1. The van der Waals surface area contributed by atoms with Gasteiger partial charge in [-0.2, -0.15) is 4.37 Å². The van der Waals surface area contributed by atoms with E-state index in [1.165, 1.54) is 17.9 Å². The molecule has 1 aromatic heterocycles. The fraction of sp³-hybridized carbons (Fsp3) is 0.714. The highest BCUT2D eigenvalue weighted by atomic mass is 32.2. The van der Waals surface area contributed by atoms with E-state index in [0.717, 1.165) is 5.13 Å². The standard InChI is InChI=1S/C7H11N3O2S2/c11-14(12)3-1-6(2-4-14)10-7-8-5-9-13-7/h5-6H,1-4H2,(H,8,9,10). The first-order chi connectivity index (χ1) is 6.66. The summed E-state index contributed by atoms with van der Waals surface area (Å²) in [6.07, 6.45) is 2.83. The monoisotopic (exact) mass is 233 g/mol. The molecule has 1 aliphatic heterocycles. The molecule has 1 aliphatic rings. The SMILES string of the molecule is O=S1(=O)CCC(Nc2ncns2)CC1. The van der Waals surface area contributed by atoms with Crippen molar-refractivity contribution in [2.24, 2.45) is 0 Å². The Morgan fingerprint density at radius 2 is 2.14 bits per heavy atom. The van der Waals surface area contributed by atoms with Crippen LogP contribution in [0.3, 0.4) is 0 Å². The number of hydrogen-bond donors (Lipinski definition) is 1. The smallest absolute Gasteiger partial charge is 0.202 e. The maximum Gasteiger partial charge on any atom is 0.202 e. The van der Waals surface area contributed by atoms with Gasteiger partial charge in [-0.25, -0.2) is 13.4 Å². The van der Waals surface area contributed by atoms with Gasteiger partial charge < -0.3 is 5.32 Å². The zero-order valence-electron chi connectivity index (χ0n) is 7.51. The van der Waals surface area contributed by atoms with Crippen molar-refractivity contribution < 1.29 is 8.42 Å². The second-order valence-corrected chi connectivity index (χ2v) is 6.40. The average molecular weight is 233 g/mol. The third kappa shape index (κ3) is 2.42. The number of anilines is 1. The highest BCUT2D eigenvalue weighted by Crippen LogP contribution is 2.17. The Morgan fingerprint density at radius 3 is 2.71 bits per heavy atom. The van der Waals surface area contributed by atoms with Crippen LogP contribution in [0.25, 0.3) is 0 Å². The first-order valence-electron chi connectivity index (χ1n) is 4.39. The molecule has 78 valence electrons. The topological polar surface area (TPSA) is 72.0 Å². The van der Waals surface area contributed by atoms with Crippen molar-refractivity contribution >= 4 is 26.5 Å². The summed E-state index contributed by atoms with van der Waals surface area (Å²) >= 11 is 1.29. The zero-order chi connectivity index (χ0) is 10.0.